The Morgan fingerprint density at radius 3 is 2.45 bits per heavy atom. The molecule has 1 aromatic carbocycles. The Labute approximate surface area is 127 Å². The minimum absolute atomic E-state index is 0.596. The van der Waals surface area contributed by atoms with Crippen LogP contribution in [0.4, 0.5) is 5.95 Å². The van der Waals surface area contributed by atoms with Crippen LogP contribution in [0.15, 0.2) is 16.7 Å². The van der Waals surface area contributed by atoms with Crippen LogP contribution in [0.25, 0.3) is 11.3 Å². The number of anilines is 1. The predicted octanol–water partition coefficient (Wildman–Crippen LogP) is 3.88. The Bertz CT molecular complexity index is 656. The lowest BCUT2D eigenvalue weighted by Gasteiger charge is -2.18. The van der Waals surface area contributed by atoms with Gasteiger partial charge in [0.1, 0.15) is 5.75 Å². The third kappa shape index (κ3) is 2.38. The average molecular weight is 336 g/mol. The molecule has 0 radical (unpaired) electrons. The number of halogens is 1. The molecule has 20 heavy (non-hydrogen) atoms. The fourth-order valence-electron chi connectivity index (χ4n) is 2.27. The highest BCUT2D eigenvalue weighted by Crippen LogP contribution is 2.41. The molecule has 0 fully saturated rings. The quantitative estimate of drug-likeness (QED) is 0.924. The second-order valence-electron chi connectivity index (χ2n) is 4.61. The van der Waals surface area contributed by atoms with E-state index in [9.17, 15) is 0 Å². The molecule has 0 spiro atoms. The summed E-state index contributed by atoms with van der Waals surface area (Å²) in [6, 6.07) is 1.90. The first kappa shape index (κ1) is 14.8. The predicted molar refractivity (Wildman–Crippen MR) is 85.5 cm³/mol. The Morgan fingerprint density at radius 2 is 1.85 bits per heavy atom. The zero-order valence-electron chi connectivity index (χ0n) is 12.3. The number of aromatic nitrogens is 2. The fraction of sp³-hybridized carbons (Fsp3) is 0.333. The van der Waals surface area contributed by atoms with Crippen LogP contribution in [0.3, 0.4) is 0 Å². The van der Waals surface area contributed by atoms with E-state index in [1.54, 1.807) is 20.4 Å². The Morgan fingerprint density at radius 1 is 1.15 bits per heavy atom. The molecule has 0 amide bonds. The molecule has 0 atom stereocenters. The molecule has 4 nitrogen and oxygen atoms in total. The summed E-state index contributed by atoms with van der Waals surface area (Å²) in [5.74, 6) is 1.46. The van der Waals surface area contributed by atoms with Gasteiger partial charge >= 0.3 is 0 Å². The summed E-state index contributed by atoms with van der Waals surface area (Å²) >= 11 is 3.66. The monoisotopic (exact) mass is 335 g/mol. The summed E-state index contributed by atoms with van der Waals surface area (Å²) in [4.78, 5) is 8.68. The molecule has 0 aliphatic heterocycles. The van der Waals surface area contributed by atoms with E-state index in [1.807, 2.05) is 6.07 Å². The number of hydrogen-bond acceptors (Lipinski definition) is 4. The van der Waals surface area contributed by atoms with Gasteiger partial charge in [-0.2, -0.15) is 0 Å². The van der Waals surface area contributed by atoms with E-state index >= 15 is 0 Å². The number of ether oxygens (including phenoxy) is 1. The second kappa shape index (κ2) is 5.79. The van der Waals surface area contributed by atoms with Gasteiger partial charge in [0, 0.05) is 23.3 Å². The van der Waals surface area contributed by atoms with Gasteiger partial charge in [-0.3, -0.25) is 0 Å². The molecule has 1 heterocycles. The topological polar surface area (TPSA) is 47.0 Å². The standard InChI is InChI=1S/C15H18BrN3O/c1-8-9(2)14(20-5)12(10(3)13(8)16)11-6-7-18-15(17-4)19-11/h6-7H,1-5H3,(H,17,18,19). The van der Waals surface area contributed by atoms with Gasteiger partial charge in [0.2, 0.25) is 5.95 Å². The van der Waals surface area contributed by atoms with Crippen molar-refractivity contribution in [2.75, 3.05) is 19.5 Å². The third-order valence-corrected chi connectivity index (χ3v) is 4.69. The molecule has 2 rings (SSSR count). The molecule has 0 saturated carbocycles. The zero-order chi connectivity index (χ0) is 14.9. The molecular weight excluding hydrogens is 318 g/mol. The third-order valence-electron chi connectivity index (χ3n) is 3.50. The number of methoxy groups -OCH3 is 1. The lowest BCUT2D eigenvalue weighted by atomic mass is 9.96. The van der Waals surface area contributed by atoms with Crippen LogP contribution in [0.5, 0.6) is 5.75 Å². The van der Waals surface area contributed by atoms with Crippen molar-refractivity contribution in [3.8, 4) is 17.0 Å². The zero-order valence-corrected chi connectivity index (χ0v) is 13.9. The molecule has 0 saturated heterocycles. The molecule has 0 aliphatic carbocycles. The van der Waals surface area contributed by atoms with Crippen LogP contribution in [-0.2, 0) is 0 Å². The summed E-state index contributed by atoms with van der Waals surface area (Å²) in [6.45, 7) is 6.20. The molecule has 1 N–H and O–H groups in total. The normalized spacial score (nSPS) is 10.5. The highest BCUT2D eigenvalue weighted by atomic mass is 79.9. The minimum Gasteiger partial charge on any atom is -0.496 e. The van der Waals surface area contributed by atoms with Gasteiger partial charge in [-0.05, 0) is 43.5 Å². The Hall–Kier alpha value is -1.62. The largest absolute Gasteiger partial charge is 0.496 e. The van der Waals surface area contributed by atoms with E-state index in [4.69, 9.17) is 4.74 Å². The van der Waals surface area contributed by atoms with Crippen LogP contribution in [-0.4, -0.2) is 24.1 Å². The molecule has 0 aliphatic rings. The van der Waals surface area contributed by atoms with Gasteiger partial charge in [0.05, 0.1) is 12.8 Å². The summed E-state index contributed by atoms with van der Waals surface area (Å²) in [6.07, 6.45) is 1.75. The van der Waals surface area contributed by atoms with Crippen molar-refractivity contribution in [3.05, 3.63) is 33.4 Å². The number of benzene rings is 1. The second-order valence-corrected chi connectivity index (χ2v) is 5.41. The number of nitrogens with one attached hydrogen (secondary N) is 1. The fourth-order valence-corrected chi connectivity index (χ4v) is 2.76. The van der Waals surface area contributed by atoms with Gasteiger partial charge in [-0.15, -0.1) is 0 Å². The van der Waals surface area contributed by atoms with Crippen molar-refractivity contribution in [2.24, 2.45) is 0 Å². The van der Waals surface area contributed by atoms with Crippen molar-refractivity contribution in [1.29, 1.82) is 0 Å². The van der Waals surface area contributed by atoms with Crippen molar-refractivity contribution in [3.63, 3.8) is 0 Å². The van der Waals surface area contributed by atoms with Gasteiger partial charge in [0.25, 0.3) is 0 Å². The van der Waals surface area contributed by atoms with E-state index in [1.165, 1.54) is 5.56 Å². The maximum absolute atomic E-state index is 5.62. The molecule has 0 unspecified atom stereocenters. The summed E-state index contributed by atoms with van der Waals surface area (Å²) in [5.41, 5.74) is 5.27. The van der Waals surface area contributed by atoms with E-state index in [-0.39, 0.29) is 0 Å². The molecular formula is C15H18BrN3O. The van der Waals surface area contributed by atoms with E-state index in [0.29, 0.717) is 5.95 Å². The Kier molecular flexibility index (Phi) is 4.28. The number of nitrogens with zero attached hydrogens (tertiary/aromatic N) is 2. The first-order chi connectivity index (χ1) is 9.51. The molecule has 5 heteroatoms. The number of rotatable bonds is 3. The maximum atomic E-state index is 5.62. The lowest BCUT2D eigenvalue weighted by Crippen LogP contribution is -2.02. The SMILES string of the molecule is CNc1nccc(-c2c(C)c(Br)c(C)c(C)c2OC)n1. The minimum atomic E-state index is 0.596. The smallest absolute Gasteiger partial charge is 0.222 e. The summed E-state index contributed by atoms with van der Waals surface area (Å²) in [5, 5.41) is 2.96. The summed E-state index contributed by atoms with van der Waals surface area (Å²) < 4.78 is 6.71. The van der Waals surface area contributed by atoms with Gasteiger partial charge in [-0.25, -0.2) is 9.97 Å². The van der Waals surface area contributed by atoms with Crippen molar-refractivity contribution in [2.45, 2.75) is 20.8 Å². The van der Waals surface area contributed by atoms with Crippen molar-refractivity contribution < 1.29 is 4.74 Å². The summed E-state index contributed by atoms with van der Waals surface area (Å²) in [7, 11) is 3.50. The van der Waals surface area contributed by atoms with Gasteiger partial charge in [0.15, 0.2) is 0 Å². The Balaban J connectivity index is 2.78. The highest BCUT2D eigenvalue weighted by molar-refractivity contribution is 9.10. The number of hydrogen-bond donors (Lipinski definition) is 1. The first-order valence-corrected chi connectivity index (χ1v) is 7.15. The first-order valence-electron chi connectivity index (χ1n) is 6.35. The molecule has 1 aromatic heterocycles. The van der Waals surface area contributed by atoms with Gasteiger partial charge in [-0.1, -0.05) is 15.9 Å². The average Bonchev–Trinajstić information content (AvgIpc) is 2.48. The van der Waals surface area contributed by atoms with Crippen LogP contribution in [0.2, 0.25) is 0 Å². The highest BCUT2D eigenvalue weighted by Gasteiger charge is 2.19. The van der Waals surface area contributed by atoms with E-state index < -0.39 is 0 Å². The van der Waals surface area contributed by atoms with Crippen LogP contribution >= 0.6 is 15.9 Å². The molecule has 0 bridgehead atoms. The van der Waals surface area contributed by atoms with E-state index in [0.717, 1.165) is 32.6 Å². The van der Waals surface area contributed by atoms with Crippen molar-refractivity contribution >= 4 is 21.9 Å². The van der Waals surface area contributed by atoms with Crippen LogP contribution in [0, 0.1) is 20.8 Å². The molecule has 106 valence electrons. The van der Waals surface area contributed by atoms with Crippen molar-refractivity contribution in [1.82, 2.24) is 9.97 Å². The lowest BCUT2D eigenvalue weighted by molar-refractivity contribution is 0.412. The molecule has 2 aromatic rings. The van der Waals surface area contributed by atoms with E-state index in [2.05, 4.69) is 52.0 Å². The van der Waals surface area contributed by atoms with Crippen LogP contribution < -0.4 is 10.1 Å². The van der Waals surface area contributed by atoms with Gasteiger partial charge < -0.3 is 10.1 Å². The maximum Gasteiger partial charge on any atom is 0.222 e. The van der Waals surface area contributed by atoms with Crippen LogP contribution in [0.1, 0.15) is 16.7 Å².